The summed E-state index contributed by atoms with van der Waals surface area (Å²) in [6, 6.07) is 12.7. The lowest BCUT2D eigenvalue weighted by molar-refractivity contribution is -0.150. The zero-order valence-electron chi connectivity index (χ0n) is 19.2. The summed E-state index contributed by atoms with van der Waals surface area (Å²) in [6.07, 6.45) is 0. The molecule has 3 rings (SSSR count). The molecule has 2 N–H and O–H groups in total. The van der Waals surface area contributed by atoms with E-state index < -0.39 is 23.7 Å². The first-order valence-corrected chi connectivity index (χ1v) is 11.8. The summed E-state index contributed by atoms with van der Waals surface area (Å²) in [5, 5.41) is 16.2. The molecule has 1 aliphatic rings. The molecule has 2 aromatic rings. The Bertz CT molecular complexity index is 1190. The van der Waals surface area contributed by atoms with Crippen LogP contribution in [0.3, 0.4) is 0 Å². The normalized spacial score (nSPS) is 17.6. The Morgan fingerprint density at radius 3 is 2.35 bits per heavy atom. The molecule has 2 aromatic carbocycles. The van der Waals surface area contributed by atoms with Crippen LogP contribution >= 0.6 is 23.4 Å². The second-order valence-electron chi connectivity index (χ2n) is 7.98. The lowest BCUT2D eigenvalue weighted by Gasteiger charge is -2.31. The minimum absolute atomic E-state index is 0.0379. The van der Waals surface area contributed by atoms with E-state index in [9.17, 15) is 19.6 Å². The monoisotopic (exact) mass is 497 g/mol. The molecule has 0 aliphatic carbocycles. The summed E-state index contributed by atoms with van der Waals surface area (Å²) in [6.45, 7) is 5.83. The topological polar surface area (TPSA) is 108 Å². The van der Waals surface area contributed by atoms with Crippen LogP contribution in [0.15, 0.2) is 47.0 Å². The van der Waals surface area contributed by atoms with Crippen LogP contribution in [0.2, 0.25) is 5.02 Å². The molecule has 0 fully saturated rings. The standard InChI is InChI=1S/C25H24ClN3O4S/c1-13-9-14(2)22(15(3)10-13)28-19(30)12-34-24-18(11-27)20(16-5-7-17(26)8-6-16)21(23(31)29-24)25(32)33-4/h5-10,20-21H,12H2,1-4H3,(H,28,30)(H,29,31)/t20-,21-/m1/s1. The van der Waals surface area contributed by atoms with E-state index in [0.717, 1.165) is 34.1 Å². The number of anilines is 1. The van der Waals surface area contributed by atoms with Gasteiger partial charge in [0.15, 0.2) is 0 Å². The van der Waals surface area contributed by atoms with E-state index in [2.05, 4.69) is 16.7 Å². The van der Waals surface area contributed by atoms with Gasteiger partial charge in [0.1, 0.15) is 5.92 Å². The number of nitrogens with one attached hydrogen (secondary N) is 2. The molecule has 0 aromatic heterocycles. The molecule has 2 atom stereocenters. The number of benzene rings is 2. The van der Waals surface area contributed by atoms with Gasteiger partial charge in [0.2, 0.25) is 11.8 Å². The van der Waals surface area contributed by atoms with E-state index >= 15 is 0 Å². The Balaban J connectivity index is 1.89. The first kappa shape index (κ1) is 25.3. The van der Waals surface area contributed by atoms with E-state index in [0.29, 0.717) is 10.6 Å². The van der Waals surface area contributed by atoms with Crippen LogP contribution in [0.5, 0.6) is 0 Å². The third-order valence-corrected chi connectivity index (χ3v) is 6.77. The second-order valence-corrected chi connectivity index (χ2v) is 9.41. The number of nitriles is 1. The first-order chi connectivity index (χ1) is 16.2. The van der Waals surface area contributed by atoms with Gasteiger partial charge in [-0.3, -0.25) is 14.4 Å². The highest BCUT2D eigenvalue weighted by Gasteiger charge is 2.44. The quantitative estimate of drug-likeness (QED) is 0.453. The van der Waals surface area contributed by atoms with Crippen LogP contribution < -0.4 is 10.6 Å². The van der Waals surface area contributed by atoms with Crippen molar-refractivity contribution in [3.05, 3.63) is 74.3 Å². The highest BCUT2D eigenvalue weighted by molar-refractivity contribution is 8.03. The molecule has 2 amide bonds. The first-order valence-electron chi connectivity index (χ1n) is 10.4. The van der Waals surface area contributed by atoms with Gasteiger partial charge in [0.05, 0.1) is 29.5 Å². The highest BCUT2D eigenvalue weighted by Crippen LogP contribution is 2.40. The van der Waals surface area contributed by atoms with Gasteiger partial charge in [-0.05, 0) is 49.6 Å². The molecule has 0 spiro atoms. The predicted molar refractivity (Wildman–Crippen MR) is 132 cm³/mol. The number of aryl methyl sites for hydroxylation is 3. The van der Waals surface area contributed by atoms with Gasteiger partial charge in [-0.2, -0.15) is 5.26 Å². The summed E-state index contributed by atoms with van der Waals surface area (Å²) in [5.41, 5.74) is 4.48. The number of nitrogens with zero attached hydrogens (tertiary/aromatic N) is 1. The average molecular weight is 498 g/mol. The number of methoxy groups -OCH3 is 1. The maximum Gasteiger partial charge on any atom is 0.319 e. The van der Waals surface area contributed by atoms with Gasteiger partial charge in [-0.25, -0.2) is 0 Å². The zero-order valence-corrected chi connectivity index (χ0v) is 20.8. The maximum absolute atomic E-state index is 12.9. The van der Waals surface area contributed by atoms with E-state index in [-0.39, 0.29) is 22.3 Å². The van der Waals surface area contributed by atoms with Crippen molar-refractivity contribution >= 4 is 46.8 Å². The lowest BCUT2D eigenvalue weighted by atomic mass is 9.78. The number of esters is 1. The number of rotatable bonds is 6. The molecule has 1 aliphatic heterocycles. The van der Waals surface area contributed by atoms with Crippen molar-refractivity contribution in [2.24, 2.45) is 5.92 Å². The van der Waals surface area contributed by atoms with Crippen molar-refractivity contribution in [2.75, 3.05) is 18.2 Å². The van der Waals surface area contributed by atoms with Crippen LogP contribution in [0, 0.1) is 38.0 Å². The third kappa shape index (κ3) is 5.44. The third-order valence-electron chi connectivity index (χ3n) is 5.50. The molecule has 0 saturated carbocycles. The molecule has 0 unspecified atom stereocenters. The van der Waals surface area contributed by atoms with Crippen LogP contribution in [-0.2, 0) is 19.1 Å². The van der Waals surface area contributed by atoms with Gasteiger partial charge >= 0.3 is 5.97 Å². The summed E-state index contributed by atoms with van der Waals surface area (Å²) >= 11 is 7.02. The van der Waals surface area contributed by atoms with Crippen molar-refractivity contribution in [1.29, 1.82) is 5.26 Å². The Morgan fingerprint density at radius 2 is 1.79 bits per heavy atom. The maximum atomic E-state index is 12.9. The van der Waals surface area contributed by atoms with Crippen molar-refractivity contribution in [3.8, 4) is 6.07 Å². The molecule has 176 valence electrons. The number of thioether (sulfide) groups is 1. The minimum atomic E-state index is -1.24. The fourth-order valence-electron chi connectivity index (χ4n) is 4.04. The fourth-order valence-corrected chi connectivity index (χ4v) is 5.01. The highest BCUT2D eigenvalue weighted by atomic mass is 35.5. The average Bonchev–Trinajstić information content (AvgIpc) is 2.79. The number of hydrogen-bond donors (Lipinski definition) is 2. The van der Waals surface area contributed by atoms with Gasteiger partial charge < -0.3 is 15.4 Å². The summed E-state index contributed by atoms with van der Waals surface area (Å²) in [7, 11) is 1.19. The Morgan fingerprint density at radius 1 is 1.18 bits per heavy atom. The number of carbonyl (C=O) groups excluding carboxylic acids is 3. The Labute approximate surface area is 207 Å². The summed E-state index contributed by atoms with van der Waals surface area (Å²) in [5.74, 6) is -3.77. The van der Waals surface area contributed by atoms with Gasteiger partial charge in [-0.1, -0.05) is 53.2 Å². The van der Waals surface area contributed by atoms with E-state index in [1.165, 1.54) is 7.11 Å². The van der Waals surface area contributed by atoms with E-state index in [1.54, 1.807) is 24.3 Å². The summed E-state index contributed by atoms with van der Waals surface area (Å²) in [4.78, 5) is 38.0. The molecule has 0 saturated heterocycles. The molecule has 9 heteroatoms. The van der Waals surface area contributed by atoms with Gasteiger partial charge in [-0.15, -0.1) is 0 Å². The molecular weight excluding hydrogens is 474 g/mol. The van der Waals surface area contributed by atoms with Crippen LogP contribution in [0.25, 0.3) is 0 Å². The van der Waals surface area contributed by atoms with Crippen molar-refractivity contribution in [3.63, 3.8) is 0 Å². The molecule has 0 bridgehead atoms. The SMILES string of the molecule is COC(=O)[C@H]1C(=O)NC(SCC(=O)Nc2c(C)cc(C)cc2C)=C(C#N)[C@H]1c1ccc(Cl)cc1. The Hall–Kier alpha value is -3.28. The summed E-state index contributed by atoms with van der Waals surface area (Å²) < 4.78 is 4.83. The fraction of sp³-hybridized carbons (Fsp3) is 0.280. The molecule has 34 heavy (non-hydrogen) atoms. The van der Waals surface area contributed by atoms with Crippen LogP contribution in [0.1, 0.15) is 28.2 Å². The smallest absolute Gasteiger partial charge is 0.319 e. The number of hydrogen-bond acceptors (Lipinski definition) is 6. The second kappa shape index (κ2) is 10.8. The predicted octanol–water partition coefficient (Wildman–Crippen LogP) is 4.37. The van der Waals surface area contributed by atoms with E-state index in [4.69, 9.17) is 16.3 Å². The zero-order chi connectivity index (χ0) is 25.0. The molecule has 0 radical (unpaired) electrons. The Kier molecular flexibility index (Phi) is 8.02. The number of allylic oxidation sites excluding steroid dienone is 1. The molecular formula is C25H24ClN3O4S. The minimum Gasteiger partial charge on any atom is -0.468 e. The number of carbonyl (C=O) groups is 3. The van der Waals surface area contributed by atoms with Crippen molar-refractivity contribution < 1.29 is 19.1 Å². The largest absolute Gasteiger partial charge is 0.468 e. The van der Waals surface area contributed by atoms with Crippen molar-refractivity contribution in [2.45, 2.75) is 26.7 Å². The van der Waals surface area contributed by atoms with E-state index in [1.807, 2.05) is 32.9 Å². The molecule has 7 nitrogen and oxygen atoms in total. The molecule has 1 heterocycles. The number of amides is 2. The lowest BCUT2D eigenvalue weighted by Crippen LogP contribution is -2.44. The van der Waals surface area contributed by atoms with Crippen LogP contribution in [-0.4, -0.2) is 30.6 Å². The van der Waals surface area contributed by atoms with Crippen LogP contribution in [0.4, 0.5) is 5.69 Å². The van der Waals surface area contributed by atoms with Crippen molar-refractivity contribution in [1.82, 2.24) is 5.32 Å². The van der Waals surface area contributed by atoms with Gasteiger partial charge in [0.25, 0.3) is 0 Å². The van der Waals surface area contributed by atoms with Gasteiger partial charge in [0, 0.05) is 16.6 Å². The number of halogens is 1. The number of ether oxygens (including phenoxy) is 1.